The highest BCUT2D eigenvalue weighted by atomic mass is 16.7. The van der Waals surface area contributed by atoms with Gasteiger partial charge in [0, 0.05) is 0 Å². The van der Waals surface area contributed by atoms with Gasteiger partial charge >= 0.3 is 0 Å². The van der Waals surface area contributed by atoms with Crippen LogP contribution in [0.3, 0.4) is 0 Å². The lowest BCUT2D eigenvalue weighted by molar-refractivity contribution is -0.297. The molecule has 0 amide bonds. The Labute approximate surface area is 137 Å². The molecule has 0 spiro atoms. The van der Waals surface area contributed by atoms with Crippen LogP contribution in [0.1, 0.15) is 19.4 Å². The van der Waals surface area contributed by atoms with E-state index in [1.165, 1.54) is 10.8 Å². The normalized spacial score (nSPS) is 19.8. The molecular formula is C19H24O4. The smallest absolute Gasteiger partial charge is 0.162 e. The summed E-state index contributed by atoms with van der Waals surface area (Å²) in [7, 11) is 0. The highest BCUT2D eigenvalue weighted by molar-refractivity contribution is 5.82. The van der Waals surface area contributed by atoms with Crippen LogP contribution in [0.4, 0.5) is 0 Å². The van der Waals surface area contributed by atoms with E-state index in [2.05, 4.69) is 30.3 Å². The second kappa shape index (κ2) is 6.57. The minimum Gasteiger partial charge on any atom is -0.396 e. The number of benzene rings is 2. The molecule has 0 aliphatic carbocycles. The minimum atomic E-state index is -0.586. The highest BCUT2D eigenvalue weighted by Crippen LogP contribution is 2.30. The third-order valence-corrected chi connectivity index (χ3v) is 4.28. The van der Waals surface area contributed by atoms with Crippen molar-refractivity contribution in [3.8, 4) is 0 Å². The van der Waals surface area contributed by atoms with Crippen molar-refractivity contribution in [2.24, 2.45) is 5.41 Å². The zero-order valence-electron chi connectivity index (χ0n) is 13.7. The first kappa shape index (κ1) is 16.4. The van der Waals surface area contributed by atoms with Crippen molar-refractivity contribution in [1.29, 1.82) is 0 Å². The second-order valence-electron chi connectivity index (χ2n) is 6.81. The molecule has 1 fully saturated rings. The number of rotatable bonds is 5. The van der Waals surface area contributed by atoms with Crippen LogP contribution < -0.4 is 0 Å². The molecule has 4 nitrogen and oxygen atoms in total. The highest BCUT2D eigenvalue weighted by Gasteiger charge is 2.40. The van der Waals surface area contributed by atoms with Crippen LogP contribution in [-0.2, 0) is 20.8 Å². The first-order chi connectivity index (χ1) is 11.0. The summed E-state index contributed by atoms with van der Waals surface area (Å²) >= 11 is 0. The van der Waals surface area contributed by atoms with Gasteiger partial charge in [-0.2, -0.15) is 0 Å². The predicted molar refractivity (Wildman–Crippen MR) is 89.1 cm³/mol. The topological polar surface area (TPSA) is 47.9 Å². The van der Waals surface area contributed by atoms with Crippen LogP contribution in [0.15, 0.2) is 42.5 Å². The SMILES string of the molecule is CC1(C)OCC(CO)(COCc2ccc3ccccc3c2)CO1. The Morgan fingerprint density at radius 1 is 1.04 bits per heavy atom. The summed E-state index contributed by atoms with van der Waals surface area (Å²) in [5.41, 5.74) is 0.640. The van der Waals surface area contributed by atoms with E-state index in [-0.39, 0.29) is 6.61 Å². The van der Waals surface area contributed by atoms with E-state index < -0.39 is 11.2 Å². The summed E-state index contributed by atoms with van der Waals surface area (Å²) in [5, 5.41) is 12.1. The van der Waals surface area contributed by atoms with Gasteiger partial charge in [0.25, 0.3) is 0 Å². The fraction of sp³-hybridized carbons (Fsp3) is 0.474. The van der Waals surface area contributed by atoms with Crippen molar-refractivity contribution in [2.75, 3.05) is 26.4 Å². The van der Waals surface area contributed by atoms with Gasteiger partial charge in [0.05, 0.1) is 38.4 Å². The Morgan fingerprint density at radius 3 is 2.43 bits per heavy atom. The maximum atomic E-state index is 9.71. The van der Waals surface area contributed by atoms with Crippen molar-refractivity contribution in [3.05, 3.63) is 48.0 Å². The molecule has 0 atom stereocenters. The van der Waals surface area contributed by atoms with Gasteiger partial charge in [0.15, 0.2) is 5.79 Å². The fourth-order valence-corrected chi connectivity index (χ4v) is 2.67. The zero-order chi connectivity index (χ0) is 16.3. The molecule has 124 valence electrons. The molecule has 1 N–H and O–H groups in total. The quantitative estimate of drug-likeness (QED) is 0.921. The molecule has 2 aromatic carbocycles. The number of hydrogen-bond acceptors (Lipinski definition) is 4. The molecule has 0 bridgehead atoms. The Bertz CT molecular complexity index is 655. The number of hydrogen-bond donors (Lipinski definition) is 1. The fourth-order valence-electron chi connectivity index (χ4n) is 2.67. The van der Waals surface area contributed by atoms with E-state index in [1.54, 1.807) is 0 Å². The van der Waals surface area contributed by atoms with Crippen LogP contribution in [0.25, 0.3) is 10.8 Å². The van der Waals surface area contributed by atoms with E-state index in [1.807, 2.05) is 26.0 Å². The van der Waals surface area contributed by atoms with Gasteiger partial charge < -0.3 is 19.3 Å². The molecule has 0 aromatic heterocycles. The number of aliphatic hydroxyl groups excluding tert-OH is 1. The summed E-state index contributed by atoms with van der Waals surface area (Å²) in [6.07, 6.45) is 0. The molecule has 3 rings (SSSR count). The van der Waals surface area contributed by atoms with Gasteiger partial charge in [0.1, 0.15) is 0 Å². The molecule has 0 saturated carbocycles. The molecule has 2 aromatic rings. The number of aliphatic hydroxyl groups is 1. The monoisotopic (exact) mass is 316 g/mol. The average Bonchev–Trinajstić information content (AvgIpc) is 2.57. The molecule has 1 aliphatic heterocycles. The standard InChI is InChI=1S/C19H24O4/c1-18(2)22-13-19(11-20,14-23-18)12-21-10-15-7-8-16-5-3-4-6-17(16)9-15/h3-9,20H,10-14H2,1-2H3. The van der Waals surface area contributed by atoms with Gasteiger partial charge in [-0.1, -0.05) is 36.4 Å². The third-order valence-electron chi connectivity index (χ3n) is 4.28. The van der Waals surface area contributed by atoms with Gasteiger partial charge in [-0.05, 0) is 36.2 Å². The van der Waals surface area contributed by atoms with Crippen LogP contribution in [0.2, 0.25) is 0 Å². The predicted octanol–water partition coefficient (Wildman–Crippen LogP) is 3.12. The summed E-state index contributed by atoms with van der Waals surface area (Å²) in [6, 6.07) is 14.6. The Kier molecular flexibility index (Phi) is 4.69. The first-order valence-corrected chi connectivity index (χ1v) is 7.96. The van der Waals surface area contributed by atoms with Crippen LogP contribution in [-0.4, -0.2) is 37.3 Å². The number of fused-ring (bicyclic) bond motifs is 1. The molecule has 4 heteroatoms. The maximum absolute atomic E-state index is 9.71. The van der Waals surface area contributed by atoms with E-state index >= 15 is 0 Å². The molecule has 1 aliphatic rings. The summed E-state index contributed by atoms with van der Waals surface area (Å²) in [4.78, 5) is 0. The number of ether oxygens (including phenoxy) is 3. The maximum Gasteiger partial charge on any atom is 0.162 e. The largest absolute Gasteiger partial charge is 0.396 e. The van der Waals surface area contributed by atoms with E-state index in [0.717, 1.165) is 5.56 Å². The summed E-state index contributed by atoms with van der Waals surface area (Å²) < 4.78 is 17.2. The lowest BCUT2D eigenvalue weighted by atomic mass is 9.91. The molecule has 1 saturated heterocycles. The second-order valence-corrected chi connectivity index (χ2v) is 6.81. The summed E-state index contributed by atoms with van der Waals surface area (Å²) in [5.74, 6) is -0.586. The van der Waals surface area contributed by atoms with Gasteiger partial charge in [0.2, 0.25) is 0 Å². The lowest BCUT2D eigenvalue weighted by Crippen LogP contribution is -2.50. The van der Waals surface area contributed by atoms with E-state index in [0.29, 0.717) is 26.4 Å². The molecule has 23 heavy (non-hydrogen) atoms. The van der Waals surface area contributed by atoms with Crippen LogP contribution in [0, 0.1) is 5.41 Å². The van der Waals surface area contributed by atoms with E-state index in [4.69, 9.17) is 14.2 Å². The third kappa shape index (κ3) is 3.90. The van der Waals surface area contributed by atoms with Crippen molar-refractivity contribution < 1.29 is 19.3 Å². The Morgan fingerprint density at radius 2 is 1.74 bits per heavy atom. The minimum absolute atomic E-state index is 0.0131. The Hall–Kier alpha value is -1.46. The van der Waals surface area contributed by atoms with Gasteiger partial charge in [-0.15, -0.1) is 0 Å². The zero-order valence-corrected chi connectivity index (χ0v) is 13.7. The molecule has 0 radical (unpaired) electrons. The van der Waals surface area contributed by atoms with Crippen molar-refractivity contribution >= 4 is 10.8 Å². The Balaban J connectivity index is 1.59. The molecule has 1 heterocycles. The molecular weight excluding hydrogens is 292 g/mol. The average molecular weight is 316 g/mol. The van der Waals surface area contributed by atoms with Crippen LogP contribution >= 0.6 is 0 Å². The lowest BCUT2D eigenvalue weighted by Gasteiger charge is -2.42. The van der Waals surface area contributed by atoms with Crippen molar-refractivity contribution in [2.45, 2.75) is 26.2 Å². The van der Waals surface area contributed by atoms with E-state index in [9.17, 15) is 5.11 Å². The van der Waals surface area contributed by atoms with Crippen molar-refractivity contribution in [1.82, 2.24) is 0 Å². The first-order valence-electron chi connectivity index (χ1n) is 7.96. The van der Waals surface area contributed by atoms with Gasteiger partial charge in [-0.25, -0.2) is 0 Å². The van der Waals surface area contributed by atoms with Crippen molar-refractivity contribution in [3.63, 3.8) is 0 Å². The van der Waals surface area contributed by atoms with Gasteiger partial charge in [-0.3, -0.25) is 0 Å². The van der Waals surface area contributed by atoms with Crippen LogP contribution in [0.5, 0.6) is 0 Å². The summed E-state index contributed by atoms with van der Waals surface area (Å²) in [6.45, 7) is 5.54. The molecule has 0 unspecified atom stereocenters.